The normalized spacial score (nSPS) is 47.7. The first-order valence-electron chi connectivity index (χ1n) is 12.9. The first-order valence-corrected chi connectivity index (χ1v) is 12.9. The van der Waals surface area contributed by atoms with Crippen LogP contribution in [0.3, 0.4) is 0 Å². The van der Waals surface area contributed by atoms with Crippen LogP contribution in [0, 0.1) is 46.3 Å². The fraction of sp³-hybridized carbons (Fsp3) is 0.963. The molecule has 4 aliphatic rings. The highest BCUT2D eigenvalue weighted by Crippen LogP contribution is 2.68. The van der Waals surface area contributed by atoms with E-state index in [1.165, 1.54) is 45.6 Å². The number of rotatable bonds is 6. The maximum absolute atomic E-state index is 11.7. The quantitative estimate of drug-likeness (QED) is 0.552. The summed E-state index contributed by atoms with van der Waals surface area (Å²) >= 11 is 0. The molecule has 0 heterocycles. The average Bonchev–Trinajstić information content (AvgIpc) is 3.10. The summed E-state index contributed by atoms with van der Waals surface area (Å²) in [6, 6.07) is 0. The Labute approximate surface area is 189 Å². The van der Waals surface area contributed by atoms with Crippen LogP contribution in [-0.4, -0.2) is 37.5 Å². The minimum Gasteiger partial charge on any atom is -0.469 e. The molecular weight excluding hydrogens is 388 g/mol. The molecule has 4 saturated carbocycles. The third-order valence-corrected chi connectivity index (χ3v) is 11.0. The summed E-state index contributed by atoms with van der Waals surface area (Å²) in [6.07, 6.45) is 12.5. The Balaban J connectivity index is 1.47. The van der Waals surface area contributed by atoms with Gasteiger partial charge in [-0.3, -0.25) is 4.79 Å². The molecule has 0 aromatic heterocycles. The van der Waals surface area contributed by atoms with Gasteiger partial charge in [0.1, 0.15) is 0 Å². The van der Waals surface area contributed by atoms with Crippen molar-refractivity contribution in [2.45, 2.75) is 97.0 Å². The number of carbonyl (C=O) groups is 1. The van der Waals surface area contributed by atoms with E-state index in [2.05, 4.69) is 20.8 Å². The van der Waals surface area contributed by atoms with E-state index in [0.29, 0.717) is 35.7 Å². The zero-order valence-electron chi connectivity index (χ0n) is 20.6. The SMILES string of the molecule is COC[C@]1(O)CC[C@@]2(C)C(CCC3C2CC[C@@]2(C)C3CC[C@@H]2[C@H](C)CCC(=O)OC)C1. The summed E-state index contributed by atoms with van der Waals surface area (Å²) in [7, 11) is 3.22. The predicted molar refractivity (Wildman–Crippen MR) is 122 cm³/mol. The minimum absolute atomic E-state index is 0.0627. The number of aliphatic hydroxyl groups is 1. The third kappa shape index (κ3) is 3.98. The molecule has 1 N–H and O–H groups in total. The van der Waals surface area contributed by atoms with Crippen molar-refractivity contribution in [1.29, 1.82) is 0 Å². The summed E-state index contributed by atoms with van der Waals surface area (Å²) < 4.78 is 10.3. The van der Waals surface area contributed by atoms with Gasteiger partial charge in [0.2, 0.25) is 0 Å². The Morgan fingerprint density at radius 1 is 1.00 bits per heavy atom. The van der Waals surface area contributed by atoms with Crippen LogP contribution in [0.25, 0.3) is 0 Å². The van der Waals surface area contributed by atoms with Crippen molar-refractivity contribution in [3.8, 4) is 0 Å². The second-order valence-electron chi connectivity index (χ2n) is 12.3. The second-order valence-corrected chi connectivity index (χ2v) is 12.3. The molecule has 0 spiro atoms. The lowest BCUT2D eigenvalue weighted by Crippen LogP contribution is -2.56. The topological polar surface area (TPSA) is 55.8 Å². The largest absolute Gasteiger partial charge is 0.469 e. The Hall–Kier alpha value is -0.610. The Morgan fingerprint density at radius 3 is 2.45 bits per heavy atom. The molecule has 0 radical (unpaired) electrons. The number of esters is 1. The van der Waals surface area contributed by atoms with Crippen molar-refractivity contribution < 1.29 is 19.4 Å². The van der Waals surface area contributed by atoms with E-state index in [1.807, 2.05) is 0 Å². The smallest absolute Gasteiger partial charge is 0.305 e. The van der Waals surface area contributed by atoms with Gasteiger partial charge in [0.15, 0.2) is 0 Å². The Kier molecular flexibility index (Phi) is 6.55. The maximum Gasteiger partial charge on any atom is 0.305 e. The van der Waals surface area contributed by atoms with Crippen molar-refractivity contribution in [2.24, 2.45) is 46.3 Å². The Morgan fingerprint density at radius 2 is 1.74 bits per heavy atom. The van der Waals surface area contributed by atoms with E-state index in [9.17, 15) is 9.90 Å². The Bertz CT molecular complexity index is 664. The molecule has 4 aliphatic carbocycles. The molecule has 0 amide bonds. The van der Waals surface area contributed by atoms with Crippen molar-refractivity contribution >= 4 is 5.97 Å². The van der Waals surface area contributed by atoms with Crippen LogP contribution in [0.2, 0.25) is 0 Å². The van der Waals surface area contributed by atoms with Crippen molar-refractivity contribution in [1.82, 2.24) is 0 Å². The molecule has 0 aromatic rings. The van der Waals surface area contributed by atoms with Crippen LogP contribution in [0.1, 0.15) is 91.4 Å². The van der Waals surface area contributed by atoms with Gasteiger partial charge in [-0.2, -0.15) is 0 Å². The van der Waals surface area contributed by atoms with Crippen LogP contribution in [-0.2, 0) is 14.3 Å². The molecule has 0 bridgehead atoms. The van der Waals surface area contributed by atoms with Crippen LogP contribution < -0.4 is 0 Å². The van der Waals surface area contributed by atoms with Gasteiger partial charge in [0.05, 0.1) is 19.3 Å². The van der Waals surface area contributed by atoms with Gasteiger partial charge in [-0.05, 0) is 111 Å². The lowest BCUT2D eigenvalue weighted by Gasteiger charge is -2.62. The minimum atomic E-state index is -0.609. The fourth-order valence-corrected chi connectivity index (χ4v) is 9.35. The van der Waals surface area contributed by atoms with Crippen LogP contribution >= 0.6 is 0 Å². The highest BCUT2D eigenvalue weighted by atomic mass is 16.5. The van der Waals surface area contributed by atoms with E-state index in [1.54, 1.807) is 7.11 Å². The number of ether oxygens (including phenoxy) is 2. The second kappa shape index (κ2) is 8.63. The van der Waals surface area contributed by atoms with Crippen LogP contribution in [0.4, 0.5) is 0 Å². The molecular formula is C27H46O4. The number of hydrogen-bond donors (Lipinski definition) is 1. The average molecular weight is 435 g/mol. The molecule has 4 unspecified atom stereocenters. The van der Waals surface area contributed by atoms with Gasteiger partial charge in [0.25, 0.3) is 0 Å². The summed E-state index contributed by atoms with van der Waals surface area (Å²) in [4.78, 5) is 11.7. The summed E-state index contributed by atoms with van der Waals surface area (Å²) in [6.45, 7) is 8.02. The van der Waals surface area contributed by atoms with Gasteiger partial charge in [-0.1, -0.05) is 20.8 Å². The molecule has 4 heteroatoms. The molecule has 9 atom stereocenters. The lowest BCUT2D eigenvalue weighted by atomic mass is 9.43. The van der Waals surface area contributed by atoms with E-state index in [0.717, 1.165) is 49.4 Å². The van der Waals surface area contributed by atoms with E-state index in [4.69, 9.17) is 9.47 Å². The summed E-state index contributed by atoms with van der Waals surface area (Å²) in [5.41, 5.74) is 0.215. The number of fused-ring (bicyclic) bond motifs is 5. The molecule has 0 aliphatic heterocycles. The predicted octanol–water partition coefficient (Wildman–Crippen LogP) is 5.61. The highest BCUT2D eigenvalue weighted by molar-refractivity contribution is 5.69. The zero-order chi connectivity index (χ0) is 22.4. The monoisotopic (exact) mass is 434 g/mol. The van der Waals surface area contributed by atoms with Gasteiger partial charge >= 0.3 is 5.97 Å². The number of carbonyl (C=O) groups excluding carboxylic acids is 1. The van der Waals surface area contributed by atoms with E-state index >= 15 is 0 Å². The van der Waals surface area contributed by atoms with Crippen molar-refractivity contribution in [2.75, 3.05) is 20.8 Å². The molecule has 0 saturated heterocycles. The van der Waals surface area contributed by atoms with Gasteiger partial charge in [0, 0.05) is 13.5 Å². The summed E-state index contributed by atoms with van der Waals surface area (Å²) in [5, 5.41) is 11.1. The van der Waals surface area contributed by atoms with Crippen LogP contribution in [0.15, 0.2) is 0 Å². The molecule has 4 rings (SSSR count). The van der Waals surface area contributed by atoms with Gasteiger partial charge < -0.3 is 14.6 Å². The van der Waals surface area contributed by atoms with Gasteiger partial charge in [-0.25, -0.2) is 0 Å². The molecule has 4 nitrogen and oxygen atoms in total. The van der Waals surface area contributed by atoms with E-state index in [-0.39, 0.29) is 5.97 Å². The zero-order valence-corrected chi connectivity index (χ0v) is 20.6. The number of hydrogen-bond acceptors (Lipinski definition) is 4. The van der Waals surface area contributed by atoms with Crippen molar-refractivity contribution in [3.63, 3.8) is 0 Å². The molecule has 31 heavy (non-hydrogen) atoms. The summed E-state index contributed by atoms with van der Waals surface area (Å²) in [5.74, 6) is 4.43. The van der Waals surface area contributed by atoms with Crippen LogP contribution in [0.5, 0.6) is 0 Å². The molecule has 4 fully saturated rings. The van der Waals surface area contributed by atoms with E-state index < -0.39 is 5.60 Å². The lowest BCUT2D eigenvalue weighted by molar-refractivity contribution is -0.163. The van der Waals surface area contributed by atoms with Gasteiger partial charge in [-0.15, -0.1) is 0 Å². The third-order valence-electron chi connectivity index (χ3n) is 11.0. The fourth-order valence-electron chi connectivity index (χ4n) is 9.35. The van der Waals surface area contributed by atoms with Crippen molar-refractivity contribution in [3.05, 3.63) is 0 Å². The standard InChI is InChI=1S/C27H46O4/c1-18(6-11-24(28)31-5)21-9-10-22-20-8-7-19-16-27(29,17-30-4)15-14-25(19,2)23(20)12-13-26(21,22)3/h18-23,29H,6-17H2,1-5H3/t18-,19?,20?,21-,22?,23?,25+,26-,27+/m1/s1. The number of methoxy groups -OCH3 is 2. The highest BCUT2D eigenvalue weighted by Gasteiger charge is 2.61. The maximum atomic E-state index is 11.7. The molecule has 178 valence electrons. The molecule has 0 aromatic carbocycles. The first kappa shape index (κ1) is 23.5. The first-order chi connectivity index (χ1) is 14.7.